The van der Waals surface area contributed by atoms with Crippen molar-refractivity contribution >= 4 is 6.03 Å². The van der Waals surface area contributed by atoms with Gasteiger partial charge in [0.05, 0.1) is 24.0 Å². The second kappa shape index (κ2) is 7.71. The number of amides is 2. The summed E-state index contributed by atoms with van der Waals surface area (Å²) >= 11 is 0. The lowest BCUT2D eigenvalue weighted by Crippen LogP contribution is -2.37. The van der Waals surface area contributed by atoms with Gasteiger partial charge in [0.1, 0.15) is 11.6 Å². The standard InChI is InChI=1S/C16H20F2N4O/c1-3-11-8-12(22-21-11)9-19-16(23)20-15(4-2)13-7-10(17)5-6-14(13)18/h5-8,15H,3-4,9H2,1-2H3,(H,21,22)(H2,19,20,23)/t15-/m0/s1. The van der Waals surface area contributed by atoms with E-state index < -0.39 is 23.7 Å². The molecule has 0 radical (unpaired) electrons. The van der Waals surface area contributed by atoms with E-state index in [1.807, 2.05) is 13.0 Å². The molecular formula is C16H20F2N4O. The average Bonchev–Trinajstić information content (AvgIpc) is 3.01. The van der Waals surface area contributed by atoms with Gasteiger partial charge in [-0.15, -0.1) is 0 Å². The molecule has 124 valence electrons. The van der Waals surface area contributed by atoms with Gasteiger partial charge in [0.2, 0.25) is 0 Å². The number of aromatic nitrogens is 2. The van der Waals surface area contributed by atoms with Gasteiger partial charge in [-0.05, 0) is 37.1 Å². The molecule has 0 spiro atoms. The Balaban J connectivity index is 1.95. The average molecular weight is 322 g/mol. The van der Waals surface area contributed by atoms with E-state index in [0.717, 1.165) is 36.0 Å². The Morgan fingerprint density at radius 1 is 1.30 bits per heavy atom. The molecule has 2 aromatic rings. The normalized spacial score (nSPS) is 12.0. The first-order valence-electron chi connectivity index (χ1n) is 7.56. The quantitative estimate of drug-likeness (QED) is 0.764. The van der Waals surface area contributed by atoms with Gasteiger partial charge in [-0.3, -0.25) is 5.10 Å². The highest BCUT2D eigenvalue weighted by atomic mass is 19.1. The molecule has 1 heterocycles. The highest BCUT2D eigenvalue weighted by Gasteiger charge is 2.17. The van der Waals surface area contributed by atoms with Gasteiger partial charge in [-0.25, -0.2) is 13.6 Å². The minimum absolute atomic E-state index is 0.137. The molecule has 2 amide bonds. The Kier molecular flexibility index (Phi) is 5.67. The van der Waals surface area contributed by atoms with Crippen LogP contribution in [0.2, 0.25) is 0 Å². The minimum atomic E-state index is -0.598. The molecule has 0 fully saturated rings. The first kappa shape index (κ1) is 16.9. The number of rotatable bonds is 6. The van der Waals surface area contributed by atoms with Crippen LogP contribution in [0, 0.1) is 11.6 Å². The summed E-state index contributed by atoms with van der Waals surface area (Å²) in [5.74, 6) is -1.08. The van der Waals surface area contributed by atoms with Gasteiger partial charge in [0.25, 0.3) is 0 Å². The maximum atomic E-state index is 13.8. The fourth-order valence-electron chi connectivity index (χ4n) is 2.25. The zero-order valence-corrected chi connectivity index (χ0v) is 13.1. The maximum Gasteiger partial charge on any atom is 0.315 e. The van der Waals surface area contributed by atoms with Crippen molar-refractivity contribution in [2.45, 2.75) is 39.3 Å². The molecule has 23 heavy (non-hydrogen) atoms. The third kappa shape index (κ3) is 4.51. The van der Waals surface area contributed by atoms with Crippen LogP contribution in [0.3, 0.4) is 0 Å². The number of hydrogen-bond acceptors (Lipinski definition) is 2. The van der Waals surface area contributed by atoms with Crippen molar-refractivity contribution < 1.29 is 13.6 Å². The molecule has 2 rings (SSSR count). The van der Waals surface area contributed by atoms with Crippen molar-refractivity contribution in [3.63, 3.8) is 0 Å². The monoisotopic (exact) mass is 322 g/mol. The zero-order chi connectivity index (χ0) is 16.8. The first-order valence-corrected chi connectivity index (χ1v) is 7.56. The van der Waals surface area contributed by atoms with E-state index in [1.165, 1.54) is 0 Å². The van der Waals surface area contributed by atoms with Crippen LogP contribution in [0.15, 0.2) is 24.3 Å². The van der Waals surface area contributed by atoms with Crippen molar-refractivity contribution in [1.82, 2.24) is 20.8 Å². The summed E-state index contributed by atoms with van der Waals surface area (Å²) in [5.41, 5.74) is 1.83. The SMILES string of the molecule is CCc1cc(CNC(=O)N[C@@H](CC)c2cc(F)ccc2F)[nH]n1. The summed E-state index contributed by atoms with van der Waals surface area (Å²) in [4.78, 5) is 12.0. The number of urea groups is 1. The summed E-state index contributed by atoms with van der Waals surface area (Å²) < 4.78 is 27.1. The van der Waals surface area contributed by atoms with Crippen molar-refractivity contribution in [2.75, 3.05) is 0 Å². The number of nitrogens with one attached hydrogen (secondary N) is 3. The number of nitrogens with zero attached hydrogens (tertiary/aromatic N) is 1. The number of aromatic amines is 1. The number of H-pyrrole nitrogens is 1. The van der Waals surface area contributed by atoms with Crippen molar-refractivity contribution in [3.05, 3.63) is 52.9 Å². The first-order chi connectivity index (χ1) is 11.0. The summed E-state index contributed by atoms with van der Waals surface area (Å²) in [6.45, 7) is 4.05. The highest BCUT2D eigenvalue weighted by molar-refractivity contribution is 5.74. The summed E-state index contributed by atoms with van der Waals surface area (Å²) in [5, 5.41) is 12.2. The van der Waals surface area contributed by atoms with Gasteiger partial charge in [-0.1, -0.05) is 13.8 Å². The van der Waals surface area contributed by atoms with Crippen LogP contribution in [0.1, 0.15) is 43.3 Å². The molecule has 5 nitrogen and oxygen atoms in total. The van der Waals surface area contributed by atoms with Gasteiger partial charge in [0, 0.05) is 5.56 Å². The van der Waals surface area contributed by atoms with E-state index in [1.54, 1.807) is 6.92 Å². The molecule has 0 unspecified atom stereocenters. The van der Waals surface area contributed by atoms with Crippen LogP contribution in [-0.4, -0.2) is 16.2 Å². The number of aryl methyl sites for hydroxylation is 1. The van der Waals surface area contributed by atoms with Gasteiger partial charge >= 0.3 is 6.03 Å². The summed E-state index contributed by atoms with van der Waals surface area (Å²) in [6, 6.07) is 4.03. The molecule has 0 aliphatic heterocycles. The van der Waals surface area contributed by atoms with Gasteiger partial charge in [0.15, 0.2) is 0 Å². The lowest BCUT2D eigenvalue weighted by Gasteiger charge is -2.18. The van der Waals surface area contributed by atoms with E-state index in [9.17, 15) is 13.6 Å². The number of carbonyl (C=O) groups excluding carboxylic acids is 1. The summed E-state index contributed by atoms with van der Waals surface area (Å²) in [6.07, 6.45) is 1.25. The lowest BCUT2D eigenvalue weighted by atomic mass is 10.0. The Hall–Kier alpha value is -2.44. The van der Waals surface area contributed by atoms with E-state index in [0.29, 0.717) is 6.42 Å². The van der Waals surface area contributed by atoms with Crippen molar-refractivity contribution in [3.8, 4) is 0 Å². The third-order valence-corrected chi connectivity index (χ3v) is 3.53. The topological polar surface area (TPSA) is 69.8 Å². The molecule has 0 aliphatic rings. The second-order valence-corrected chi connectivity index (χ2v) is 5.19. The molecule has 1 atom stereocenters. The Morgan fingerprint density at radius 3 is 2.74 bits per heavy atom. The van der Waals surface area contributed by atoms with Gasteiger partial charge in [-0.2, -0.15) is 5.10 Å². The molecular weight excluding hydrogens is 302 g/mol. The van der Waals surface area contributed by atoms with E-state index in [4.69, 9.17) is 0 Å². The Bertz CT molecular complexity index is 672. The zero-order valence-electron chi connectivity index (χ0n) is 13.1. The Morgan fingerprint density at radius 2 is 2.09 bits per heavy atom. The van der Waals surface area contributed by atoms with Crippen LogP contribution in [0.5, 0.6) is 0 Å². The molecule has 7 heteroatoms. The lowest BCUT2D eigenvalue weighted by molar-refractivity contribution is 0.236. The van der Waals surface area contributed by atoms with Crippen LogP contribution in [0.4, 0.5) is 13.6 Å². The van der Waals surface area contributed by atoms with E-state index in [-0.39, 0.29) is 12.1 Å². The van der Waals surface area contributed by atoms with Crippen molar-refractivity contribution in [1.29, 1.82) is 0 Å². The van der Waals surface area contributed by atoms with Gasteiger partial charge < -0.3 is 10.6 Å². The van der Waals surface area contributed by atoms with Crippen molar-refractivity contribution in [2.24, 2.45) is 0 Å². The molecule has 1 aromatic heterocycles. The van der Waals surface area contributed by atoms with Crippen LogP contribution >= 0.6 is 0 Å². The molecule has 0 aliphatic carbocycles. The van der Waals surface area contributed by atoms with E-state index >= 15 is 0 Å². The highest BCUT2D eigenvalue weighted by Crippen LogP contribution is 2.21. The third-order valence-electron chi connectivity index (χ3n) is 3.53. The molecule has 1 aromatic carbocycles. The predicted molar refractivity (Wildman–Crippen MR) is 82.7 cm³/mol. The smallest absolute Gasteiger partial charge is 0.315 e. The van der Waals surface area contributed by atoms with Crippen LogP contribution < -0.4 is 10.6 Å². The minimum Gasteiger partial charge on any atom is -0.333 e. The second-order valence-electron chi connectivity index (χ2n) is 5.19. The van der Waals surface area contributed by atoms with E-state index in [2.05, 4.69) is 20.8 Å². The van der Waals surface area contributed by atoms with Crippen LogP contribution in [0.25, 0.3) is 0 Å². The number of benzene rings is 1. The molecule has 0 bridgehead atoms. The molecule has 0 saturated heterocycles. The number of hydrogen-bond donors (Lipinski definition) is 3. The Labute approximate surface area is 133 Å². The summed E-state index contributed by atoms with van der Waals surface area (Å²) in [7, 11) is 0. The number of halogens is 2. The molecule has 3 N–H and O–H groups in total. The van der Waals surface area contributed by atoms with Crippen LogP contribution in [-0.2, 0) is 13.0 Å². The number of carbonyl (C=O) groups is 1. The largest absolute Gasteiger partial charge is 0.333 e. The molecule has 0 saturated carbocycles. The predicted octanol–water partition coefficient (Wildman–Crippen LogP) is 3.20. The fraction of sp³-hybridized carbons (Fsp3) is 0.375. The fourth-order valence-corrected chi connectivity index (χ4v) is 2.25. The maximum absolute atomic E-state index is 13.8.